The predicted octanol–water partition coefficient (Wildman–Crippen LogP) is 7.44. The number of H-pyrrole nitrogens is 1. The van der Waals surface area contributed by atoms with E-state index in [2.05, 4.69) is 9.97 Å². The van der Waals surface area contributed by atoms with Crippen LogP contribution < -0.4 is 0 Å². The lowest BCUT2D eigenvalue weighted by molar-refractivity contribution is -0.138. The Balaban J connectivity index is 0.00000148. The summed E-state index contributed by atoms with van der Waals surface area (Å²) < 4.78 is 40.2. The van der Waals surface area contributed by atoms with Gasteiger partial charge in [0.1, 0.15) is 5.82 Å². The molecule has 3 aromatic carbocycles. The van der Waals surface area contributed by atoms with Crippen molar-refractivity contribution in [3.05, 3.63) is 100 Å². The van der Waals surface area contributed by atoms with Gasteiger partial charge in [-0.25, -0.2) is 9.78 Å². The molecule has 2 N–H and O–H groups in total. The molecule has 1 saturated carbocycles. The zero-order chi connectivity index (χ0) is 25.9. The van der Waals surface area contributed by atoms with Crippen LogP contribution >= 0.6 is 0 Å². The molecule has 4 aromatic rings. The number of aromatic carboxylic acids is 1. The van der Waals surface area contributed by atoms with E-state index in [4.69, 9.17) is 0 Å². The van der Waals surface area contributed by atoms with Crippen molar-refractivity contribution in [2.45, 2.75) is 51.6 Å². The molecule has 0 saturated heterocycles. The average Bonchev–Trinajstić information content (AvgIpc) is 3.50. The summed E-state index contributed by atoms with van der Waals surface area (Å²) in [5.74, 6) is -0.0608. The highest BCUT2D eigenvalue weighted by molar-refractivity contribution is 5.88. The Morgan fingerprint density at radius 2 is 1.72 bits per heavy atom. The molecule has 2 atom stereocenters. The van der Waals surface area contributed by atoms with Gasteiger partial charge in [-0.1, -0.05) is 50.2 Å². The summed E-state index contributed by atoms with van der Waals surface area (Å²) >= 11 is 0. The van der Waals surface area contributed by atoms with Crippen LogP contribution in [0.1, 0.15) is 64.6 Å². The van der Waals surface area contributed by atoms with Crippen LogP contribution in [-0.2, 0) is 25.4 Å². The molecule has 0 amide bonds. The highest BCUT2D eigenvalue weighted by Crippen LogP contribution is 2.51. The first-order valence-electron chi connectivity index (χ1n) is 12.2. The van der Waals surface area contributed by atoms with E-state index in [-0.39, 0.29) is 17.4 Å². The SMILES string of the molecule is CC.O=C(O)c1ccc(CCc2nc3ccccc3[nH]2)c(C2CC2Cc2ccccc2C(F)(F)F)c1. The Morgan fingerprint density at radius 3 is 2.44 bits per heavy atom. The molecule has 0 bridgehead atoms. The van der Waals surface area contributed by atoms with Crippen molar-refractivity contribution in [3.63, 3.8) is 0 Å². The molecule has 0 radical (unpaired) electrons. The van der Waals surface area contributed by atoms with Crippen molar-refractivity contribution >= 4 is 17.0 Å². The maximum atomic E-state index is 13.4. The van der Waals surface area contributed by atoms with Gasteiger partial charge in [-0.2, -0.15) is 13.2 Å². The molecule has 1 aliphatic carbocycles. The predicted molar refractivity (Wildman–Crippen MR) is 134 cm³/mol. The molecule has 36 heavy (non-hydrogen) atoms. The Labute approximate surface area is 208 Å². The number of fused-ring (bicyclic) bond motifs is 1. The lowest BCUT2D eigenvalue weighted by atomic mass is 9.94. The van der Waals surface area contributed by atoms with Crippen LogP contribution in [0, 0.1) is 5.92 Å². The van der Waals surface area contributed by atoms with Gasteiger partial charge in [0.25, 0.3) is 0 Å². The molecule has 7 heteroatoms. The maximum Gasteiger partial charge on any atom is 0.416 e. The minimum absolute atomic E-state index is 0.0475. The summed E-state index contributed by atoms with van der Waals surface area (Å²) in [6, 6.07) is 18.6. The maximum absolute atomic E-state index is 13.4. The number of para-hydroxylation sites is 2. The largest absolute Gasteiger partial charge is 0.478 e. The lowest BCUT2D eigenvalue weighted by Crippen LogP contribution is -2.09. The Hall–Kier alpha value is -3.61. The van der Waals surface area contributed by atoms with Crippen LogP contribution in [0.15, 0.2) is 66.7 Å². The first kappa shape index (κ1) is 25.5. The molecule has 5 rings (SSSR count). The highest BCUT2D eigenvalue weighted by Gasteiger charge is 2.41. The highest BCUT2D eigenvalue weighted by atomic mass is 19.4. The van der Waals surface area contributed by atoms with Crippen LogP contribution in [0.4, 0.5) is 13.2 Å². The van der Waals surface area contributed by atoms with E-state index >= 15 is 0 Å². The molecule has 0 aliphatic heterocycles. The van der Waals surface area contributed by atoms with Crippen molar-refractivity contribution in [1.82, 2.24) is 9.97 Å². The standard InChI is InChI=1S/C27H23F3N2O2.C2H6/c28-27(29,30)22-6-2-1-5-17(22)13-19-15-21(19)20-14-18(26(33)34)10-9-16(20)11-12-25-31-23-7-3-4-8-24(23)32-25;1-2/h1-10,14,19,21H,11-13,15H2,(H,31,32)(H,33,34);1-2H3. The number of nitrogens with one attached hydrogen (secondary N) is 1. The molecule has 2 unspecified atom stereocenters. The fourth-order valence-corrected chi connectivity index (χ4v) is 4.79. The summed E-state index contributed by atoms with van der Waals surface area (Å²) in [7, 11) is 0. The molecule has 1 aromatic heterocycles. The number of hydrogen-bond acceptors (Lipinski definition) is 2. The molecule has 0 spiro atoms. The van der Waals surface area contributed by atoms with Crippen LogP contribution in [0.25, 0.3) is 11.0 Å². The molecule has 1 aliphatic rings. The number of nitrogens with zero attached hydrogens (tertiary/aromatic N) is 1. The van der Waals surface area contributed by atoms with E-state index in [0.29, 0.717) is 24.8 Å². The molecule has 4 nitrogen and oxygen atoms in total. The normalized spacial score (nSPS) is 16.9. The molecular weight excluding hydrogens is 465 g/mol. The fourth-order valence-electron chi connectivity index (χ4n) is 4.79. The van der Waals surface area contributed by atoms with Gasteiger partial charge >= 0.3 is 12.1 Å². The number of alkyl halides is 3. The first-order chi connectivity index (χ1) is 17.3. The van der Waals surface area contributed by atoms with Gasteiger partial charge in [-0.15, -0.1) is 0 Å². The molecular formula is C29H29F3N2O2. The first-order valence-corrected chi connectivity index (χ1v) is 12.2. The molecule has 1 heterocycles. The van der Waals surface area contributed by atoms with Crippen LogP contribution in [-0.4, -0.2) is 21.0 Å². The van der Waals surface area contributed by atoms with Gasteiger partial charge in [0.05, 0.1) is 22.2 Å². The summed E-state index contributed by atoms with van der Waals surface area (Å²) in [6.07, 6.45) is -2.00. The van der Waals surface area contributed by atoms with Crippen molar-refractivity contribution in [2.24, 2.45) is 5.92 Å². The number of aromatic nitrogens is 2. The van der Waals surface area contributed by atoms with E-state index in [9.17, 15) is 23.1 Å². The number of aromatic amines is 1. The van der Waals surface area contributed by atoms with E-state index in [1.165, 1.54) is 12.1 Å². The second-order valence-corrected chi connectivity index (χ2v) is 8.88. The quantitative estimate of drug-likeness (QED) is 0.281. The van der Waals surface area contributed by atoms with Crippen molar-refractivity contribution < 1.29 is 23.1 Å². The van der Waals surface area contributed by atoms with Gasteiger partial charge in [-0.05, 0) is 78.1 Å². The van der Waals surface area contributed by atoms with Crippen molar-refractivity contribution in [1.29, 1.82) is 0 Å². The van der Waals surface area contributed by atoms with E-state index in [1.807, 2.05) is 44.2 Å². The second kappa shape index (κ2) is 10.6. The van der Waals surface area contributed by atoms with Crippen LogP contribution in [0.5, 0.6) is 0 Å². The van der Waals surface area contributed by atoms with Crippen molar-refractivity contribution in [2.75, 3.05) is 0 Å². The molecule has 188 valence electrons. The Morgan fingerprint density at radius 1 is 1.00 bits per heavy atom. The third kappa shape index (κ3) is 5.61. The number of hydrogen-bond donors (Lipinski definition) is 2. The Kier molecular flexibility index (Phi) is 7.48. The van der Waals surface area contributed by atoms with Gasteiger partial charge < -0.3 is 10.1 Å². The minimum Gasteiger partial charge on any atom is -0.478 e. The van der Waals surface area contributed by atoms with Gasteiger partial charge in [0.15, 0.2) is 0 Å². The topological polar surface area (TPSA) is 66.0 Å². The van der Waals surface area contributed by atoms with E-state index in [0.717, 1.165) is 40.5 Å². The van der Waals surface area contributed by atoms with E-state index < -0.39 is 17.7 Å². The number of halogens is 3. The second-order valence-electron chi connectivity index (χ2n) is 8.88. The zero-order valence-corrected chi connectivity index (χ0v) is 20.3. The Bertz CT molecular complexity index is 1330. The zero-order valence-electron chi connectivity index (χ0n) is 20.3. The smallest absolute Gasteiger partial charge is 0.416 e. The third-order valence-electron chi connectivity index (χ3n) is 6.59. The van der Waals surface area contributed by atoms with Crippen molar-refractivity contribution in [3.8, 4) is 0 Å². The number of benzene rings is 3. The fraction of sp³-hybridized carbons (Fsp3) is 0.310. The van der Waals surface area contributed by atoms with Crippen LogP contribution in [0.2, 0.25) is 0 Å². The summed E-state index contributed by atoms with van der Waals surface area (Å²) in [4.78, 5) is 19.5. The lowest BCUT2D eigenvalue weighted by Gasteiger charge is -2.13. The number of aryl methyl sites for hydroxylation is 2. The number of rotatable bonds is 7. The average molecular weight is 495 g/mol. The summed E-state index contributed by atoms with van der Waals surface area (Å²) in [6.45, 7) is 4.00. The van der Waals surface area contributed by atoms with Gasteiger partial charge in [-0.3, -0.25) is 0 Å². The minimum atomic E-state index is -4.39. The number of carboxylic acid groups (broad SMARTS) is 1. The van der Waals surface area contributed by atoms with Gasteiger partial charge in [0, 0.05) is 6.42 Å². The van der Waals surface area contributed by atoms with Gasteiger partial charge in [0.2, 0.25) is 0 Å². The number of carbonyl (C=O) groups is 1. The van der Waals surface area contributed by atoms with E-state index in [1.54, 1.807) is 18.2 Å². The summed E-state index contributed by atoms with van der Waals surface area (Å²) in [5.41, 5.74) is 3.69. The number of imidazole rings is 1. The monoisotopic (exact) mass is 494 g/mol. The number of carboxylic acids is 1. The van der Waals surface area contributed by atoms with Crippen LogP contribution in [0.3, 0.4) is 0 Å². The summed E-state index contributed by atoms with van der Waals surface area (Å²) in [5, 5.41) is 9.48. The third-order valence-corrected chi connectivity index (χ3v) is 6.59. The molecule has 1 fully saturated rings.